The number of ether oxygens (including phenoxy) is 1. The predicted molar refractivity (Wildman–Crippen MR) is 72.3 cm³/mol. The predicted octanol–water partition coefficient (Wildman–Crippen LogP) is 1.36. The SMILES string of the molecule is CCCOCC(=O)N(C)c1ccc(N)cc1C(=O)O. The maximum atomic E-state index is 11.9. The van der Waals surface area contributed by atoms with Crippen molar-refractivity contribution < 1.29 is 19.4 Å². The maximum Gasteiger partial charge on any atom is 0.337 e. The van der Waals surface area contributed by atoms with Crippen LogP contribution >= 0.6 is 0 Å². The Labute approximate surface area is 111 Å². The topological polar surface area (TPSA) is 92.9 Å². The lowest BCUT2D eigenvalue weighted by molar-refractivity contribution is -0.122. The minimum absolute atomic E-state index is 0.00802. The number of likely N-dealkylation sites (N-methyl/N-ethyl adjacent to an activating group) is 1. The molecule has 0 fully saturated rings. The molecule has 0 saturated heterocycles. The summed E-state index contributed by atoms with van der Waals surface area (Å²) in [5, 5.41) is 9.11. The van der Waals surface area contributed by atoms with Crippen LogP contribution in [0.1, 0.15) is 23.7 Å². The first-order chi connectivity index (χ1) is 8.97. The Hall–Kier alpha value is -2.08. The summed E-state index contributed by atoms with van der Waals surface area (Å²) in [4.78, 5) is 24.3. The van der Waals surface area contributed by atoms with E-state index in [1.807, 2.05) is 6.92 Å². The van der Waals surface area contributed by atoms with Crippen LogP contribution in [0.4, 0.5) is 11.4 Å². The largest absolute Gasteiger partial charge is 0.478 e. The van der Waals surface area contributed by atoms with Gasteiger partial charge in [0.25, 0.3) is 5.91 Å². The number of hydrogen-bond acceptors (Lipinski definition) is 4. The summed E-state index contributed by atoms with van der Waals surface area (Å²) in [5.41, 5.74) is 6.18. The highest BCUT2D eigenvalue weighted by molar-refractivity contribution is 6.02. The van der Waals surface area contributed by atoms with Gasteiger partial charge in [-0.1, -0.05) is 6.92 Å². The maximum absolute atomic E-state index is 11.9. The Morgan fingerprint density at radius 3 is 2.68 bits per heavy atom. The zero-order chi connectivity index (χ0) is 14.4. The molecule has 0 bridgehead atoms. The van der Waals surface area contributed by atoms with Crippen molar-refractivity contribution in [2.45, 2.75) is 13.3 Å². The lowest BCUT2D eigenvalue weighted by Crippen LogP contribution is -2.31. The van der Waals surface area contributed by atoms with E-state index in [9.17, 15) is 9.59 Å². The van der Waals surface area contributed by atoms with E-state index in [4.69, 9.17) is 15.6 Å². The van der Waals surface area contributed by atoms with E-state index in [1.165, 1.54) is 24.1 Å². The molecule has 0 atom stereocenters. The Morgan fingerprint density at radius 1 is 1.42 bits per heavy atom. The van der Waals surface area contributed by atoms with Crippen LogP contribution in [-0.2, 0) is 9.53 Å². The Morgan fingerprint density at radius 2 is 2.11 bits per heavy atom. The Bertz CT molecular complexity index is 474. The minimum atomic E-state index is -1.13. The number of amides is 1. The number of nitrogens with zero attached hydrogens (tertiary/aromatic N) is 1. The summed E-state index contributed by atoms with van der Waals surface area (Å²) < 4.78 is 5.15. The molecule has 3 N–H and O–H groups in total. The second-order valence-corrected chi connectivity index (χ2v) is 4.09. The molecule has 6 heteroatoms. The zero-order valence-electron chi connectivity index (χ0n) is 11.0. The Kier molecular flexibility index (Phi) is 5.32. The number of carboxylic acids is 1. The third-order valence-electron chi connectivity index (χ3n) is 2.56. The molecule has 19 heavy (non-hydrogen) atoms. The van der Waals surface area contributed by atoms with Gasteiger partial charge in [0, 0.05) is 19.3 Å². The number of benzene rings is 1. The van der Waals surface area contributed by atoms with Gasteiger partial charge in [0.2, 0.25) is 0 Å². The van der Waals surface area contributed by atoms with E-state index < -0.39 is 5.97 Å². The number of aromatic carboxylic acids is 1. The van der Waals surface area contributed by atoms with Crippen molar-refractivity contribution in [2.24, 2.45) is 0 Å². The van der Waals surface area contributed by atoms with Crippen LogP contribution in [-0.4, -0.2) is 37.2 Å². The van der Waals surface area contributed by atoms with Crippen molar-refractivity contribution in [1.82, 2.24) is 0 Å². The lowest BCUT2D eigenvalue weighted by atomic mass is 10.1. The average Bonchev–Trinajstić information content (AvgIpc) is 2.38. The van der Waals surface area contributed by atoms with Gasteiger partial charge in [-0.25, -0.2) is 4.79 Å². The van der Waals surface area contributed by atoms with Gasteiger partial charge < -0.3 is 20.5 Å². The normalized spacial score (nSPS) is 10.2. The molecule has 1 rings (SSSR count). The lowest BCUT2D eigenvalue weighted by Gasteiger charge is -2.19. The van der Waals surface area contributed by atoms with Crippen molar-refractivity contribution in [3.8, 4) is 0 Å². The molecule has 0 radical (unpaired) electrons. The van der Waals surface area contributed by atoms with Gasteiger partial charge in [-0.05, 0) is 24.6 Å². The van der Waals surface area contributed by atoms with E-state index in [2.05, 4.69) is 0 Å². The van der Waals surface area contributed by atoms with Crippen molar-refractivity contribution in [2.75, 3.05) is 30.9 Å². The fourth-order valence-corrected chi connectivity index (χ4v) is 1.55. The van der Waals surface area contributed by atoms with Crippen LogP contribution in [0.5, 0.6) is 0 Å². The number of carboxylic acid groups (broad SMARTS) is 1. The second-order valence-electron chi connectivity index (χ2n) is 4.09. The van der Waals surface area contributed by atoms with Gasteiger partial charge in [0.1, 0.15) is 6.61 Å². The second kappa shape index (κ2) is 6.75. The third kappa shape index (κ3) is 3.96. The van der Waals surface area contributed by atoms with E-state index in [1.54, 1.807) is 6.07 Å². The standard InChI is InChI=1S/C13H18N2O4/c1-3-6-19-8-12(16)15(2)11-5-4-9(14)7-10(11)13(17)18/h4-5,7H,3,6,8,14H2,1-2H3,(H,17,18). The highest BCUT2D eigenvalue weighted by Crippen LogP contribution is 2.22. The summed E-state index contributed by atoms with van der Waals surface area (Å²) >= 11 is 0. The summed E-state index contributed by atoms with van der Waals surface area (Å²) in [6.07, 6.45) is 0.819. The molecular formula is C13H18N2O4. The highest BCUT2D eigenvalue weighted by atomic mass is 16.5. The molecule has 1 aromatic rings. The van der Waals surface area contributed by atoms with Gasteiger partial charge in [0.05, 0.1) is 11.3 Å². The number of rotatable bonds is 6. The molecule has 0 unspecified atom stereocenters. The van der Waals surface area contributed by atoms with Crippen LogP contribution in [0.2, 0.25) is 0 Å². The third-order valence-corrected chi connectivity index (χ3v) is 2.56. The summed E-state index contributed by atoms with van der Waals surface area (Å²) in [6.45, 7) is 2.36. The number of nitrogens with two attached hydrogens (primary N) is 1. The van der Waals surface area contributed by atoms with Crippen molar-refractivity contribution in [1.29, 1.82) is 0 Å². The fraction of sp³-hybridized carbons (Fsp3) is 0.385. The molecule has 0 aliphatic carbocycles. The molecule has 0 aliphatic rings. The first kappa shape index (κ1) is 15.0. The van der Waals surface area contributed by atoms with Crippen LogP contribution in [0.15, 0.2) is 18.2 Å². The molecule has 0 aliphatic heterocycles. The fourth-order valence-electron chi connectivity index (χ4n) is 1.55. The summed E-state index contributed by atoms with van der Waals surface area (Å²) in [7, 11) is 1.51. The number of nitrogen functional groups attached to an aromatic ring is 1. The van der Waals surface area contributed by atoms with E-state index in [-0.39, 0.29) is 18.1 Å². The molecule has 0 aromatic heterocycles. The molecule has 104 valence electrons. The number of hydrogen-bond donors (Lipinski definition) is 2. The first-order valence-corrected chi connectivity index (χ1v) is 5.94. The summed E-state index contributed by atoms with van der Waals surface area (Å²) in [6, 6.07) is 4.39. The van der Waals surface area contributed by atoms with E-state index in [0.29, 0.717) is 18.0 Å². The highest BCUT2D eigenvalue weighted by Gasteiger charge is 2.18. The Balaban J connectivity index is 2.89. The first-order valence-electron chi connectivity index (χ1n) is 5.94. The van der Waals surface area contributed by atoms with Gasteiger partial charge in [0.15, 0.2) is 0 Å². The quantitative estimate of drug-likeness (QED) is 0.599. The van der Waals surface area contributed by atoms with Crippen molar-refractivity contribution >= 4 is 23.3 Å². The number of carbonyl (C=O) groups excluding carboxylic acids is 1. The van der Waals surface area contributed by atoms with Crippen LogP contribution in [0.3, 0.4) is 0 Å². The monoisotopic (exact) mass is 266 g/mol. The number of carbonyl (C=O) groups is 2. The van der Waals surface area contributed by atoms with Crippen molar-refractivity contribution in [3.05, 3.63) is 23.8 Å². The van der Waals surface area contributed by atoms with Gasteiger partial charge in [-0.2, -0.15) is 0 Å². The average molecular weight is 266 g/mol. The molecule has 0 heterocycles. The van der Waals surface area contributed by atoms with Gasteiger partial charge >= 0.3 is 5.97 Å². The smallest absolute Gasteiger partial charge is 0.337 e. The molecule has 6 nitrogen and oxygen atoms in total. The van der Waals surface area contributed by atoms with Crippen LogP contribution < -0.4 is 10.6 Å². The van der Waals surface area contributed by atoms with Gasteiger partial charge in [-0.15, -0.1) is 0 Å². The minimum Gasteiger partial charge on any atom is -0.478 e. The molecule has 0 spiro atoms. The van der Waals surface area contributed by atoms with Gasteiger partial charge in [-0.3, -0.25) is 4.79 Å². The van der Waals surface area contributed by atoms with Crippen LogP contribution in [0.25, 0.3) is 0 Å². The molecular weight excluding hydrogens is 248 g/mol. The summed E-state index contributed by atoms with van der Waals surface area (Å²) in [5.74, 6) is -1.43. The van der Waals surface area contributed by atoms with Crippen molar-refractivity contribution in [3.63, 3.8) is 0 Å². The van der Waals surface area contributed by atoms with E-state index in [0.717, 1.165) is 6.42 Å². The van der Waals surface area contributed by atoms with Crippen LogP contribution in [0, 0.1) is 0 Å². The number of anilines is 2. The molecule has 1 amide bonds. The molecule has 1 aromatic carbocycles. The molecule has 0 saturated carbocycles. The van der Waals surface area contributed by atoms with E-state index >= 15 is 0 Å². The zero-order valence-corrected chi connectivity index (χ0v) is 11.0.